The SMILES string of the molecule is C[C@H](Nc1ncnc2nc[nH]c12)c1nc2ccc(F)cc2n1C1CC(C#N)C1. The highest BCUT2D eigenvalue weighted by Crippen LogP contribution is 2.41. The Balaban J connectivity index is 1.56. The molecule has 3 aromatic heterocycles. The predicted octanol–water partition coefficient (Wildman–Crippen LogP) is 3.49. The summed E-state index contributed by atoms with van der Waals surface area (Å²) in [5.74, 6) is 1.15. The Bertz CT molecular complexity index is 1210. The highest BCUT2D eigenvalue weighted by molar-refractivity contribution is 5.82. The van der Waals surface area contributed by atoms with E-state index in [1.807, 2.05) is 6.92 Å². The Morgan fingerprint density at radius 3 is 3.00 bits per heavy atom. The van der Waals surface area contributed by atoms with E-state index in [0.29, 0.717) is 11.5 Å². The maximum atomic E-state index is 13.9. The summed E-state index contributed by atoms with van der Waals surface area (Å²) >= 11 is 0. The predicted molar refractivity (Wildman–Crippen MR) is 101 cm³/mol. The van der Waals surface area contributed by atoms with E-state index >= 15 is 0 Å². The Morgan fingerprint density at radius 2 is 2.18 bits per heavy atom. The molecule has 0 unspecified atom stereocenters. The number of anilines is 1. The lowest BCUT2D eigenvalue weighted by Crippen LogP contribution is -2.28. The number of aromatic nitrogens is 6. The number of nitrogens with zero attached hydrogens (tertiary/aromatic N) is 6. The highest BCUT2D eigenvalue weighted by Gasteiger charge is 2.34. The summed E-state index contributed by atoms with van der Waals surface area (Å²) in [4.78, 5) is 20.4. The molecular formula is C19H17FN8. The Hall–Kier alpha value is -3.54. The molecule has 1 aliphatic rings. The van der Waals surface area contributed by atoms with Crippen molar-refractivity contribution in [3.05, 3.63) is 42.5 Å². The van der Waals surface area contributed by atoms with E-state index in [9.17, 15) is 4.39 Å². The van der Waals surface area contributed by atoms with Crippen molar-refractivity contribution in [2.24, 2.45) is 5.92 Å². The molecule has 0 spiro atoms. The van der Waals surface area contributed by atoms with Crippen LogP contribution in [-0.4, -0.2) is 29.5 Å². The van der Waals surface area contributed by atoms with Gasteiger partial charge in [0, 0.05) is 6.04 Å². The molecule has 1 saturated carbocycles. The van der Waals surface area contributed by atoms with Crippen molar-refractivity contribution in [1.29, 1.82) is 5.26 Å². The smallest absolute Gasteiger partial charge is 0.182 e. The van der Waals surface area contributed by atoms with E-state index in [1.165, 1.54) is 18.5 Å². The van der Waals surface area contributed by atoms with Gasteiger partial charge in [-0.15, -0.1) is 0 Å². The topological polar surface area (TPSA) is 108 Å². The molecular weight excluding hydrogens is 359 g/mol. The monoisotopic (exact) mass is 376 g/mol. The first-order chi connectivity index (χ1) is 13.6. The molecule has 4 aromatic rings. The molecule has 8 nitrogen and oxygen atoms in total. The van der Waals surface area contributed by atoms with Crippen molar-refractivity contribution < 1.29 is 4.39 Å². The van der Waals surface area contributed by atoms with Gasteiger partial charge in [0.25, 0.3) is 0 Å². The van der Waals surface area contributed by atoms with E-state index in [2.05, 4.69) is 35.9 Å². The number of H-pyrrole nitrogens is 1. The molecule has 0 saturated heterocycles. The minimum atomic E-state index is -0.299. The fourth-order valence-corrected chi connectivity index (χ4v) is 3.82. The van der Waals surface area contributed by atoms with Crippen molar-refractivity contribution >= 4 is 28.0 Å². The summed E-state index contributed by atoms with van der Waals surface area (Å²) in [7, 11) is 0. The fraction of sp³-hybridized carbons (Fsp3) is 0.316. The molecule has 9 heteroatoms. The second-order valence-corrected chi connectivity index (χ2v) is 7.11. The van der Waals surface area contributed by atoms with Gasteiger partial charge in [0.2, 0.25) is 0 Å². The van der Waals surface area contributed by atoms with Gasteiger partial charge in [0.1, 0.15) is 23.5 Å². The zero-order valence-corrected chi connectivity index (χ0v) is 15.1. The molecule has 1 fully saturated rings. The Morgan fingerprint density at radius 1 is 1.32 bits per heavy atom. The van der Waals surface area contributed by atoms with Crippen LogP contribution in [0.15, 0.2) is 30.9 Å². The standard InChI is InChI=1S/C19H17FN8/c1-10(26-18-16-17(23-8-22-16)24-9-25-18)19-27-14-3-2-12(20)6-15(14)28(19)13-4-11(5-13)7-21/h2-3,6,8-11,13H,4-5H2,1H3,(H2,22,23,24,25,26)/t10-,11?,13?/m0/s1. The van der Waals surface area contributed by atoms with Crippen LogP contribution in [0, 0.1) is 23.1 Å². The van der Waals surface area contributed by atoms with E-state index in [-0.39, 0.29) is 23.8 Å². The van der Waals surface area contributed by atoms with Crippen molar-refractivity contribution in [2.45, 2.75) is 31.8 Å². The van der Waals surface area contributed by atoms with E-state index < -0.39 is 0 Å². The van der Waals surface area contributed by atoms with Crippen LogP contribution < -0.4 is 5.32 Å². The number of aromatic amines is 1. The number of hydrogen-bond acceptors (Lipinski definition) is 6. The number of nitriles is 1. The van der Waals surface area contributed by atoms with Gasteiger partial charge in [-0.2, -0.15) is 5.26 Å². The summed E-state index contributed by atoms with van der Waals surface area (Å²) < 4.78 is 16.0. The van der Waals surface area contributed by atoms with Gasteiger partial charge in [0.15, 0.2) is 11.5 Å². The van der Waals surface area contributed by atoms with Crippen LogP contribution in [-0.2, 0) is 0 Å². The molecule has 0 aliphatic heterocycles. The molecule has 1 atom stereocenters. The third-order valence-corrected chi connectivity index (χ3v) is 5.30. The van der Waals surface area contributed by atoms with Gasteiger partial charge >= 0.3 is 0 Å². The lowest BCUT2D eigenvalue weighted by atomic mass is 9.81. The molecule has 0 amide bonds. The zero-order valence-electron chi connectivity index (χ0n) is 15.1. The number of nitrogens with one attached hydrogen (secondary N) is 2. The van der Waals surface area contributed by atoms with Crippen LogP contribution >= 0.6 is 0 Å². The van der Waals surface area contributed by atoms with E-state index in [0.717, 1.165) is 35.2 Å². The Kier molecular flexibility index (Phi) is 3.72. The van der Waals surface area contributed by atoms with E-state index in [4.69, 9.17) is 10.2 Å². The number of benzene rings is 1. The number of hydrogen-bond donors (Lipinski definition) is 2. The molecule has 140 valence electrons. The second-order valence-electron chi connectivity index (χ2n) is 7.11. The molecule has 1 aromatic carbocycles. The van der Waals surface area contributed by atoms with Gasteiger partial charge < -0.3 is 14.9 Å². The molecule has 0 radical (unpaired) electrons. The van der Waals surface area contributed by atoms with Crippen LogP contribution in [0.3, 0.4) is 0 Å². The first-order valence-electron chi connectivity index (χ1n) is 9.11. The Labute approximate surface area is 159 Å². The van der Waals surface area contributed by atoms with Crippen LogP contribution in [0.25, 0.3) is 22.2 Å². The highest BCUT2D eigenvalue weighted by atomic mass is 19.1. The maximum Gasteiger partial charge on any atom is 0.182 e. The van der Waals surface area contributed by atoms with Crippen LogP contribution in [0.5, 0.6) is 0 Å². The molecule has 28 heavy (non-hydrogen) atoms. The minimum absolute atomic E-state index is 0.0404. The van der Waals surface area contributed by atoms with Crippen LogP contribution in [0.4, 0.5) is 10.2 Å². The first-order valence-corrected chi connectivity index (χ1v) is 9.11. The van der Waals surface area contributed by atoms with Gasteiger partial charge in [-0.05, 0) is 38.0 Å². The van der Waals surface area contributed by atoms with Crippen molar-refractivity contribution in [3.8, 4) is 6.07 Å². The number of halogens is 1. The van der Waals surface area contributed by atoms with Gasteiger partial charge in [0.05, 0.1) is 35.4 Å². The molecule has 3 heterocycles. The summed E-state index contributed by atoms with van der Waals surface area (Å²) in [6.45, 7) is 1.98. The number of rotatable bonds is 4. The quantitative estimate of drug-likeness (QED) is 0.564. The fourth-order valence-electron chi connectivity index (χ4n) is 3.82. The number of imidazole rings is 2. The first kappa shape index (κ1) is 16.6. The van der Waals surface area contributed by atoms with Crippen molar-refractivity contribution in [1.82, 2.24) is 29.5 Å². The van der Waals surface area contributed by atoms with Crippen LogP contribution in [0.2, 0.25) is 0 Å². The van der Waals surface area contributed by atoms with Crippen molar-refractivity contribution in [2.75, 3.05) is 5.32 Å². The largest absolute Gasteiger partial charge is 0.358 e. The van der Waals surface area contributed by atoms with E-state index in [1.54, 1.807) is 12.4 Å². The van der Waals surface area contributed by atoms with Gasteiger partial charge in [-0.3, -0.25) is 0 Å². The summed E-state index contributed by atoms with van der Waals surface area (Å²) in [6, 6.07) is 6.86. The third-order valence-electron chi connectivity index (χ3n) is 5.30. The molecule has 0 bridgehead atoms. The van der Waals surface area contributed by atoms with Crippen LogP contribution in [0.1, 0.15) is 37.7 Å². The second kappa shape index (κ2) is 6.27. The summed E-state index contributed by atoms with van der Waals surface area (Å²) in [5, 5.41) is 12.5. The van der Waals surface area contributed by atoms with Crippen molar-refractivity contribution in [3.63, 3.8) is 0 Å². The lowest BCUT2D eigenvalue weighted by molar-refractivity contribution is 0.247. The molecule has 2 N–H and O–H groups in total. The average Bonchev–Trinajstić information content (AvgIpc) is 3.26. The zero-order chi connectivity index (χ0) is 19.3. The third kappa shape index (κ3) is 2.57. The minimum Gasteiger partial charge on any atom is -0.358 e. The molecule has 1 aliphatic carbocycles. The van der Waals surface area contributed by atoms with Gasteiger partial charge in [-0.1, -0.05) is 0 Å². The summed E-state index contributed by atoms with van der Waals surface area (Å²) in [6.07, 6.45) is 4.52. The molecule has 5 rings (SSSR count). The van der Waals surface area contributed by atoms with Gasteiger partial charge in [-0.25, -0.2) is 24.3 Å². The average molecular weight is 376 g/mol. The normalized spacial score (nSPS) is 20.0. The lowest BCUT2D eigenvalue weighted by Gasteiger charge is -2.34. The summed E-state index contributed by atoms with van der Waals surface area (Å²) in [5.41, 5.74) is 2.78. The maximum absolute atomic E-state index is 13.9. The number of fused-ring (bicyclic) bond motifs is 2.